The molecule has 64 valence electrons. The highest BCUT2D eigenvalue weighted by Gasteiger charge is 2.28. The summed E-state index contributed by atoms with van der Waals surface area (Å²) in [6.45, 7) is 1.40. The number of ether oxygens (including phenoxy) is 1. The molecular weight excluding hydrogens is 146 g/mol. The standard InChI is InChI=1S/C7H13NO3/c1-11-4-5-2-6(7(9)10)8-3-5/h5-6,8H,2-4H2,1H3,(H,9,10)/t5-,6-/m0/s1. The lowest BCUT2D eigenvalue weighted by atomic mass is 10.1. The Morgan fingerprint density at radius 2 is 2.55 bits per heavy atom. The summed E-state index contributed by atoms with van der Waals surface area (Å²) in [5.74, 6) is -0.398. The van der Waals surface area contributed by atoms with Gasteiger partial charge in [-0.25, -0.2) is 0 Å². The molecule has 1 heterocycles. The van der Waals surface area contributed by atoms with Crippen molar-refractivity contribution in [2.45, 2.75) is 12.5 Å². The molecule has 0 aromatic carbocycles. The van der Waals surface area contributed by atoms with Crippen LogP contribution in [-0.2, 0) is 9.53 Å². The summed E-state index contributed by atoms with van der Waals surface area (Å²) in [5, 5.41) is 11.5. The molecule has 0 unspecified atom stereocenters. The Morgan fingerprint density at radius 1 is 1.82 bits per heavy atom. The van der Waals surface area contributed by atoms with E-state index < -0.39 is 5.97 Å². The van der Waals surface area contributed by atoms with Crippen LogP contribution in [0.15, 0.2) is 0 Å². The summed E-state index contributed by atoms with van der Waals surface area (Å²) < 4.78 is 4.92. The van der Waals surface area contributed by atoms with Crippen molar-refractivity contribution in [1.82, 2.24) is 5.32 Å². The Labute approximate surface area is 65.5 Å². The first-order valence-electron chi connectivity index (χ1n) is 3.69. The van der Waals surface area contributed by atoms with E-state index in [-0.39, 0.29) is 6.04 Å². The molecular formula is C7H13NO3. The normalized spacial score (nSPS) is 30.6. The fourth-order valence-electron chi connectivity index (χ4n) is 1.36. The van der Waals surface area contributed by atoms with Gasteiger partial charge in [0.2, 0.25) is 0 Å². The molecule has 2 atom stereocenters. The average Bonchev–Trinajstić information content (AvgIpc) is 2.37. The van der Waals surface area contributed by atoms with Gasteiger partial charge in [-0.15, -0.1) is 0 Å². The van der Waals surface area contributed by atoms with Crippen LogP contribution in [0, 0.1) is 5.92 Å². The lowest BCUT2D eigenvalue weighted by molar-refractivity contribution is -0.139. The lowest BCUT2D eigenvalue weighted by Gasteiger charge is -2.04. The minimum atomic E-state index is -0.761. The third-order valence-electron chi connectivity index (χ3n) is 1.92. The van der Waals surface area contributed by atoms with Crippen LogP contribution in [0.4, 0.5) is 0 Å². The molecule has 0 spiro atoms. The molecule has 0 amide bonds. The molecule has 0 aliphatic carbocycles. The maximum atomic E-state index is 10.4. The molecule has 0 bridgehead atoms. The van der Waals surface area contributed by atoms with E-state index in [4.69, 9.17) is 9.84 Å². The molecule has 0 aromatic rings. The van der Waals surface area contributed by atoms with Gasteiger partial charge in [0.1, 0.15) is 6.04 Å². The molecule has 1 aliphatic rings. The Kier molecular flexibility index (Phi) is 2.84. The van der Waals surface area contributed by atoms with Gasteiger partial charge in [-0.05, 0) is 12.3 Å². The van der Waals surface area contributed by atoms with Crippen LogP contribution in [0.3, 0.4) is 0 Å². The maximum absolute atomic E-state index is 10.4. The molecule has 2 N–H and O–H groups in total. The molecule has 4 nitrogen and oxygen atoms in total. The van der Waals surface area contributed by atoms with Crippen LogP contribution in [-0.4, -0.2) is 37.4 Å². The second-order valence-electron chi connectivity index (χ2n) is 2.86. The Balaban J connectivity index is 2.29. The number of carboxylic acid groups (broad SMARTS) is 1. The minimum Gasteiger partial charge on any atom is -0.480 e. The fourth-order valence-corrected chi connectivity index (χ4v) is 1.36. The van der Waals surface area contributed by atoms with Gasteiger partial charge in [0, 0.05) is 13.7 Å². The summed E-state index contributed by atoms with van der Waals surface area (Å²) in [6.07, 6.45) is 0.684. The van der Waals surface area contributed by atoms with Gasteiger partial charge < -0.3 is 15.2 Å². The van der Waals surface area contributed by atoms with Gasteiger partial charge in [-0.2, -0.15) is 0 Å². The van der Waals surface area contributed by atoms with E-state index in [9.17, 15) is 4.79 Å². The van der Waals surface area contributed by atoms with E-state index in [0.717, 1.165) is 6.54 Å². The number of methoxy groups -OCH3 is 1. The van der Waals surface area contributed by atoms with Crippen molar-refractivity contribution in [1.29, 1.82) is 0 Å². The Hall–Kier alpha value is -0.610. The quantitative estimate of drug-likeness (QED) is 0.593. The molecule has 0 radical (unpaired) electrons. The van der Waals surface area contributed by atoms with Crippen molar-refractivity contribution >= 4 is 5.97 Å². The summed E-state index contributed by atoms with van der Waals surface area (Å²) in [4.78, 5) is 10.4. The fraction of sp³-hybridized carbons (Fsp3) is 0.857. The molecule has 1 fully saturated rings. The molecule has 1 aliphatic heterocycles. The average molecular weight is 159 g/mol. The number of rotatable bonds is 3. The number of hydrogen-bond acceptors (Lipinski definition) is 3. The van der Waals surface area contributed by atoms with Crippen molar-refractivity contribution in [3.05, 3.63) is 0 Å². The molecule has 4 heteroatoms. The summed E-state index contributed by atoms with van der Waals surface area (Å²) in [6, 6.07) is -0.366. The summed E-state index contributed by atoms with van der Waals surface area (Å²) in [5.41, 5.74) is 0. The van der Waals surface area contributed by atoms with E-state index >= 15 is 0 Å². The van der Waals surface area contributed by atoms with Crippen LogP contribution in [0.5, 0.6) is 0 Å². The van der Waals surface area contributed by atoms with E-state index in [1.54, 1.807) is 7.11 Å². The van der Waals surface area contributed by atoms with Gasteiger partial charge >= 0.3 is 5.97 Å². The first-order chi connectivity index (χ1) is 5.24. The van der Waals surface area contributed by atoms with Gasteiger partial charge in [-0.1, -0.05) is 0 Å². The first kappa shape index (κ1) is 8.49. The maximum Gasteiger partial charge on any atom is 0.320 e. The molecule has 0 aromatic heterocycles. The van der Waals surface area contributed by atoms with Gasteiger partial charge in [0.05, 0.1) is 6.61 Å². The first-order valence-corrected chi connectivity index (χ1v) is 3.69. The number of carbonyl (C=O) groups is 1. The van der Waals surface area contributed by atoms with Gasteiger partial charge in [0.25, 0.3) is 0 Å². The van der Waals surface area contributed by atoms with Crippen LogP contribution in [0.1, 0.15) is 6.42 Å². The number of nitrogens with one attached hydrogen (secondary N) is 1. The monoisotopic (exact) mass is 159 g/mol. The number of carboxylic acids is 1. The highest BCUT2D eigenvalue weighted by molar-refractivity contribution is 5.73. The van der Waals surface area contributed by atoms with Gasteiger partial charge in [-0.3, -0.25) is 4.79 Å². The Morgan fingerprint density at radius 3 is 3.00 bits per heavy atom. The topological polar surface area (TPSA) is 58.6 Å². The molecule has 1 rings (SSSR count). The number of aliphatic carboxylic acids is 1. The van der Waals surface area contributed by atoms with Crippen LogP contribution < -0.4 is 5.32 Å². The van der Waals surface area contributed by atoms with E-state index in [0.29, 0.717) is 18.9 Å². The molecule has 1 saturated heterocycles. The minimum absolute atomic E-state index is 0.362. The largest absolute Gasteiger partial charge is 0.480 e. The molecule has 0 saturated carbocycles. The smallest absolute Gasteiger partial charge is 0.320 e. The highest BCUT2D eigenvalue weighted by atomic mass is 16.5. The zero-order valence-electron chi connectivity index (χ0n) is 6.54. The summed E-state index contributed by atoms with van der Waals surface area (Å²) >= 11 is 0. The van der Waals surface area contributed by atoms with Crippen molar-refractivity contribution < 1.29 is 14.6 Å². The van der Waals surface area contributed by atoms with Crippen LogP contribution in [0.25, 0.3) is 0 Å². The predicted molar refractivity (Wildman–Crippen MR) is 39.4 cm³/mol. The zero-order chi connectivity index (χ0) is 8.27. The van der Waals surface area contributed by atoms with Crippen LogP contribution in [0.2, 0.25) is 0 Å². The van der Waals surface area contributed by atoms with E-state index in [1.165, 1.54) is 0 Å². The van der Waals surface area contributed by atoms with Crippen molar-refractivity contribution in [2.24, 2.45) is 5.92 Å². The number of hydrogen-bond donors (Lipinski definition) is 2. The lowest BCUT2D eigenvalue weighted by Crippen LogP contribution is -2.29. The Bertz CT molecular complexity index is 149. The van der Waals surface area contributed by atoms with Gasteiger partial charge in [0.15, 0.2) is 0 Å². The van der Waals surface area contributed by atoms with Crippen molar-refractivity contribution in [3.8, 4) is 0 Å². The van der Waals surface area contributed by atoms with Crippen LogP contribution >= 0.6 is 0 Å². The second-order valence-corrected chi connectivity index (χ2v) is 2.86. The van der Waals surface area contributed by atoms with E-state index in [1.807, 2.05) is 0 Å². The predicted octanol–water partition coefficient (Wildman–Crippen LogP) is -0.305. The second kappa shape index (κ2) is 3.69. The third-order valence-corrected chi connectivity index (χ3v) is 1.92. The molecule has 11 heavy (non-hydrogen) atoms. The SMILES string of the molecule is COC[C@@H]1CN[C@H](C(=O)O)C1. The summed E-state index contributed by atoms with van der Waals surface area (Å²) in [7, 11) is 1.63. The third kappa shape index (κ3) is 2.17. The van der Waals surface area contributed by atoms with Crippen molar-refractivity contribution in [2.75, 3.05) is 20.3 Å². The zero-order valence-corrected chi connectivity index (χ0v) is 6.54. The van der Waals surface area contributed by atoms with Crippen molar-refractivity contribution in [3.63, 3.8) is 0 Å². The highest BCUT2D eigenvalue weighted by Crippen LogP contribution is 2.13. The van der Waals surface area contributed by atoms with E-state index in [2.05, 4.69) is 5.32 Å².